The van der Waals surface area contributed by atoms with Crippen molar-refractivity contribution in [2.45, 2.75) is 6.10 Å². The quantitative estimate of drug-likeness (QED) is 0.534. The van der Waals surface area contributed by atoms with Crippen LogP contribution in [0.4, 0.5) is 5.95 Å². The van der Waals surface area contributed by atoms with E-state index in [-0.39, 0.29) is 5.92 Å². The number of aliphatic hydroxyl groups excluding tert-OH is 1. The third kappa shape index (κ3) is 2.92. The topological polar surface area (TPSA) is 103 Å². The summed E-state index contributed by atoms with van der Waals surface area (Å²) in [6.45, 7) is 4.13. The van der Waals surface area contributed by atoms with E-state index in [2.05, 4.69) is 25.1 Å². The van der Waals surface area contributed by atoms with Crippen LogP contribution in [0.1, 0.15) is 11.7 Å². The SMILES string of the molecule is O[C@H](c1cnc2c(cnn2-c2ccc3nc(N4CCOCC4)nn3c2)c1)C1COC1. The largest absolute Gasteiger partial charge is 0.388 e. The van der Waals surface area contributed by atoms with E-state index in [1.807, 2.05) is 24.4 Å². The third-order valence-corrected chi connectivity index (χ3v) is 5.72. The molecule has 2 saturated heterocycles. The van der Waals surface area contributed by atoms with Gasteiger partial charge in [-0.1, -0.05) is 0 Å². The Bertz CT molecular complexity index is 1210. The molecule has 0 spiro atoms. The van der Waals surface area contributed by atoms with Crippen LogP contribution in [-0.4, -0.2) is 74.0 Å². The van der Waals surface area contributed by atoms with Crippen molar-refractivity contribution in [3.63, 3.8) is 0 Å². The molecule has 0 unspecified atom stereocenters. The van der Waals surface area contributed by atoms with Crippen molar-refractivity contribution in [1.29, 1.82) is 0 Å². The van der Waals surface area contributed by atoms with E-state index < -0.39 is 6.10 Å². The number of hydrogen-bond acceptors (Lipinski definition) is 8. The highest BCUT2D eigenvalue weighted by Crippen LogP contribution is 2.29. The van der Waals surface area contributed by atoms with E-state index in [0.29, 0.717) is 32.4 Å². The lowest BCUT2D eigenvalue weighted by atomic mass is 9.95. The second-order valence-corrected chi connectivity index (χ2v) is 7.68. The van der Waals surface area contributed by atoms with Crippen molar-refractivity contribution in [2.75, 3.05) is 44.4 Å². The van der Waals surface area contributed by atoms with Gasteiger partial charge in [-0.2, -0.15) is 10.1 Å². The molecular formula is C20H21N7O3. The zero-order valence-electron chi connectivity index (χ0n) is 16.3. The first-order valence-corrected chi connectivity index (χ1v) is 10.1. The summed E-state index contributed by atoms with van der Waals surface area (Å²) in [7, 11) is 0. The van der Waals surface area contributed by atoms with Crippen molar-refractivity contribution < 1.29 is 14.6 Å². The van der Waals surface area contributed by atoms with E-state index in [1.54, 1.807) is 21.6 Å². The molecule has 0 amide bonds. The number of anilines is 1. The molecule has 0 aromatic carbocycles. The fraction of sp³-hybridized carbons (Fsp3) is 0.400. The van der Waals surface area contributed by atoms with Crippen LogP contribution in [0, 0.1) is 5.92 Å². The molecule has 6 rings (SSSR count). The summed E-state index contributed by atoms with van der Waals surface area (Å²) in [4.78, 5) is 11.3. The summed E-state index contributed by atoms with van der Waals surface area (Å²) >= 11 is 0. The fourth-order valence-corrected chi connectivity index (χ4v) is 3.88. The first kappa shape index (κ1) is 17.8. The van der Waals surface area contributed by atoms with E-state index in [4.69, 9.17) is 9.47 Å². The fourth-order valence-electron chi connectivity index (χ4n) is 3.88. The van der Waals surface area contributed by atoms with Crippen molar-refractivity contribution in [2.24, 2.45) is 5.92 Å². The van der Waals surface area contributed by atoms with Gasteiger partial charge in [-0.05, 0) is 18.2 Å². The van der Waals surface area contributed by atoms with Gasteiger partial charge < -0.3 is 19.5 Å². The Hall–Kier alpha value is -3.08. The van der Waals surface area contributed by atoms with Gasteiger partial charge in [-0.15, -0.1) is 5.10 Å². The van der Waals surface area contributed by atoms with E-state index in [1.165, 1.54) is 0 Å². The molecule has 6 heterocycles. The first-order valence-electron chi connectivity index (χ1n) is 10.1. The third-order valence-electron chi connectivity index (χ3n) is 5.72. The van der Waals surface area contributed by atoms with Crippen LogP contribution in [0.5, 0.6) is 0 Å². The number of aliphatic hydroxyl groups is 1. The second-order valence-electron chi connectivity index (χ2n) is 7.68. The summed E-state index contributed by atoms with van der Waals surface area (Å²) in [5.74, 6) is 0.840. The summed E-state index contributed by atoms with van der Waals surface area (Å²) in [6.07, 6.45) is 4.81. The molecule has 4 aromatic rings. The summed E-state index contributed by atoms with van der Waals surface area (Å²) in [5, 5.41) is 20.5. The molecule has 4 aromatic heterocycles. The molecule has 2 aliphatic heterocycles. The molecule has 1 atom stereocenters. The zero-order valence-corrected chi connectivity index (χ0v) is 16.3. The van der Waals surface area contributed by atoms with Crippen LogP contribution in [0.25, 0.3) is 22.4 Å². The highest BCUT2D eigenvalue weighted by Gasteiger charge is 2.28. The van der Waals surface area contributed by atoms with Gasteiger partial charge in [0.05, 0.1) is 50.6 Å². The average Bonchev–Trinajstić information content (AvgIpc) is 3.36. The lowest BCUT2D eigenvalue weighted by molar-refractivity contribution is -0.0924. The number of aromatic nitrogens is 6. The summed E-state index contributed by atoms with van der Waals surface area (Å²) in [5.41, 5.74) is 3.13. The number of ether oxygens (including phenoxy) is 2. The maximum absolute atomic E-state index is 10.5. The van der Waals surface area contributed by atoms with Crippen LogP contribution >= 0.6 is 0 Å². The predicted molar refractivity (Wildman–Crippen MR) is 108 cm³/mol. The molecular weight excluding hydrogens is 386 g/mol. The Morgan fingerprint density at radius 2 is 1.97 bits per heavy atom. The smallest absolute Gasteiger partial charge is 0.245 e. The van der Waals surface area contributed by atoms with Crippen molar-refractivity contribution in [3.8, 4) is 5.69 Å². The average molecular weight is 407 g/mol. The Morgan fingerprint density at radius 3 is 2.77 bits per heavy atom. The van der Waals surface area contributed by atoms with Crippen molar-refractivity contribution >= 4 is 22.6 Å². The molecule has 10 nitrogen and oxygen atoms in total. The minimum absolute atomic E-state index is 0.134. The van der Waals surface area contributed by atoms with Gasteiger partial charge in [0.15, 0.2) is 11.3 Å². The monoisotopic (exact) mass is 407 g/mol. The number of morpholine rings is 1. The number of hydrogen-bond donors (Lipinski definition) is 1. The number of pyridine rings is 2. The van der Waals surface area contributed by atoms with Crippen molar-refractivity contribution in [3.05, 3.63) is 42.4 Å². The molecule has 2 fully saturated rings. The molecule has 30 heavy (non-hydrogen) atoms. The van der Waals surface area contributed by atoms with Gasteiger partial charge in [-0.3, -0.25) is 0 Å². The van der Waals surface area contributed by atoms with E-state index in [0.717, 1.165) is 41.0 Å². The summed E-state index contributed by atoms with van der Waals surface area (Å²) in [6, 6.07) is 5.82. The molecule has 0 aliphatic carbocycles. The second kappa shape index (κ2) is 7.01. The molecule has 0 radical (unpaired) electrons. The van der Waals surface area contributed by atoms with Crippen molar-refractivity contribution in [1.82, 2.24) is 29.4 Å². The zero-order chi connectivity index (χ0) is 20.1. The van der Waals surface area contributed by atoms with Gasteiger partial charge >= 0.3 is 0 Å². The molecule has 2 aliphatic rings. The van der Waals surface area contributed by atoms with Crippen LogP contribution < -0.4 is 4.90 Å². The van der Waals surface area contributed by atoms with Crippen LogP contribution in [0.2, 0.25) is 0 Å². The number of fused-ring (bicyclic) bond motifs is 2. The van der Waals surface area contributed by atoms with Gasteiger partial charge in [0.2, 0.25) is 5.95 Å². The minimum atomic E-state index is -0.566. The van der Waals surface area contributed by atoms with Gasteiger partial charge in [0, 0.05) is 36.2 Å². The van der Waals surface area contributed by atoms with E-state index >= 15 is 0 Å². The Morgan fingerprint density at radius 1 is 1.10 bits per heavy atom. The van der Waals surface area contributed by atoms with Gasteiger partial charge in [-0.25, -0.2) is 14.2 Å². The Balaban J connectivity index is 1.33. The molecule has 0 bridgehead atoms. The van der Waals surface area contributed by atoms with Gasteiger partial charge in [0.1, 0.15) is 0 Å². The normalized spacial score (nSPS) is 18.8. The highest BCUT2D eigenvalue weighted by molar-refractivity contribution is 5.77. The molecule has 10 heteroatoms. The lowest BCUT2D eigenvalue weighted by Gasteiger charge is -2.30. The van der Waals surface area contributed by atoms with E-state index in [9.17, 15) is 5.11 Å². The number of nitrogens with zero attached hydrogens (tertiary/aromatic N) is 7. The molecule has 154 valence electrons. The molecule has 1 N–H and O–H groups in total. The minimum Gasteiger partial charge on any atom is -0.388 e. The molecule has 0 saturated carbocycles. The maximum Gasteiger partial charge on any atom is 0.245 e. The predicted octanol–water partition coefficient (Wildman–Crippen LogP) is 0.980. The van der Waals surface area contributed by atoms with Crippen LogP contribution in [-0.2, 0) is 9.47 Å². The van der Waals surface area contributed by atoms with Crippen LogP contribution in [0.15, 0.2) is 36.8 Å². The highest BCUT2D eigenvalue weighted by atomic mass is 16.5. The van der Waals surface area contributed by atoms with Crippen LogP contribution in [0.3, 0.4) is 0 Å². The maximum atomic E-state index is 10.5. The Labute approximate surface area is 171 Å². The standard InChI is InChI=1S/C20H21N7O3/c28-18(15-11-30-12-15)13-7-14-9-22-27(19(14)21-8-13)16-1-2-17-23-20(24-26(17)10-16)25-3-5-29-6-4-25/h1-2,7-10,15,18,28H,3-6,11-12H2/t18-/m1/s1. The first-order chi connectivity index (χ1) is 14.8. The van der Waals surface area contributed by atoms with Gasteiger partial charge in [0.25, 0.3) is 0 Å². The Kier molecular flexibility index (Phi) is 4.15. The lowest BCUT2D eigenvalue weighted by Crippen LogP contribution is -2.36. The summed E-state index contributed by atoms with van der Waals surface area (Å²) < 4.78 is 14.1. The number of rotatable bonds is 4.